The Morgan fingerprint density at radius 1 is 1.35 bits per heavy atom. The third-order valence-electron chi connectivity index (χ3n) is 3.66. The van der Waals surface area contributed by atoms with E-state index in [2.05, 4.69) is 17.3 Å². The van der Waals surface area contributed by atoms with E-state index in [1.54, 1.807) is 31.1 Å². The minimum atomic E-state index is -0.0110. The molecule has 0 bridgehead atoms. The molecule has 1 aliphatic rings. The van der Waals surface area contributed by atoms with Gasteiger partial charge in [0.05, 0.1) is 11.4 Å². The van der Waals surface area contributed by atoms with Crippen LogP contribution in [0.2, 0.25) is 0 Å². The van der Waals surface area contributed by atoms with E-state index in [1.165, 1.54) is 12.8 Å². The third-order valence-corrected chi connectivity index (χ3v) is 3.66. The zero-order chi connectivity index (χ0) is 14.7. The van der Waals surface area contributed by atoms with Gasteiger partial charge < -0.3 is 20.9 Å². The van der Waals surface area contributed by atoms with E-state index in [0.717, 1.165) is 24.8 Å². The van der Waals surface area contributed by atoms with Crippen LogP contribution in [0.15, 0.2) is 18.2 Å². The summed E-state index contributed by atoms with van der Waals surface area (Å²) in [5.41, 5.74) is 8.12. The van der Waals surface area contributed by atoms with Gasteiger partial charge in [-0.2, -0.15) is 0 Å². The second kappa shape index (κ2) is 6.13. The Labute approximate surface area is 120 Å². The number of carbonyl (C=O) groups excluding carboxylic acids is 1. The lowest BCUT2D eigenvalue weighted by Gasteiger charge is -2.18. The largest absolute Gasteiger partial charge is 0.397 e. The molecule has 1 saturated carbocycles. The number of nitrogen functional groups attached to an aromatic ring is 1. The maximum atomic E-state index is 11.9. The summed E-state index contributed by atoms with van der Waals surface area (Å²) < 4.78 is 0. The summed E-state index contributed by atoms with van der Waals surface area (Å²) in [6.07, 6.45) is 2.62. The van der Waals surface area contributed by atoms with Gasteiger partial charge in [0.1, 0.15) is 0 Å². The highest BCUT2D eigenvalue weighted by molar-refractivity contribution is 5.95. The normalized spacial score (nSPS) is 14.4. The average molecular weight is 276 g/mol. The predicted molar refractivity (Wildman–Crippen MR) is 83.0 cm³/mol. The predicted octanol–water partition coefficient (Wildman–Crippen LogP) is 1.48. The number of anilines is 2. The molecule has 1 aliphatic carbocycles. The number of likely N-dealkylation sites (N-methyl/N-ethyl adjacent to an activating group) is 1. The van der Waals surface area contributed by atoms with Crippen molar-refractivity contribution in [3.8, 4) is 0 Å². The summed E-state index contributed by atoms with van der Waals surface area (Å²) in [5.74, 6) is -0.0110. The van der Waals surface area contributed by atoms with Gasteiger partial charge in [-0.25, -0.2) is 0 Å². The van der Waals surface area contributed by atoms with Gasteiger partial charge in [0.2, 0.25) is 0 Å². The fraction of sp³-hybridized carbons (Fsp3) is 0.533. The third kappa shape index (κ3) is 3.63. The molecule has 0 aromatic heterocycles. The van der Waals surface area contributed by atoms with Crippen molar-refractivity contribution in [2.75, 3.05) is 45.3 Å². The smallest absolute Gasteiger partial charge is 0.253 e. The minimum Gasteiger partial charge on any atom is -0.397 e. The van der Waals surface area contributed by atoms with E-state index in [-0.39, 0.29) is 5.91 Å². The molecule has 0 atom stereocenters. The highest BCUT2D eigenvalue weighted by Crippen LogP contribution is 2.25. The van der Waals surface area contributed by atoms with Crippen LogP contribution in [0.4, 0.5) is 11.4 Å². The van der Waals surface area contributed by atoms with Crippen LogP contribution in [0.3, 0.4) is 0 Å². The SMILES string of the molecule is CN(C)C(=O)c1ccc(N)c(NCCN(C)C2CC2)c1. The second-order valence-electron chi connectivity index (χ2n) is 5.64. The van der Waals surface area contributed by atoms with Crippen molar-refractivity contribution in [1.82, 2.24) is 9.80 Å². The minimum absolute atomic E-state index is 0.0110. The van der Waals surface area contributed by atoms with E-state index >= 15 is 0 Å². The molecule has 110 valence electrons. The zero-order valence-corrected chi connectivity index (χ0v) is 12.5. The summed E-state index contributed by atoms with van der Waals surface area (Å²) in [6.45, 7) is 1.81. The molecule has 1 aromatic carbocycles. The van der Waals surface area contributed by atoms with Crippen molar-refractivity contribution < 1.29 is 4.79 Å². The number of rotatable bonds is 6. The molecule has 3 N–H and O–H groups in total. The number of carbonyl (C=O) groups is 1. The van der Waals surface area contributed by atoms with E-state index in [9.17, 15) is 4.79 Å². The van der Waals surface area contributed by atoms with Crippen LogP contribution in [0, 0.1) is 0 Å². The molecule has 0 spiro atoms. The zero-order valence-electron chi connectivity index (χ0n) is 12.5. The maximum Gasteiger partial charge on any atom is 0.253 e. The fourth-order valence-corrected chi connectivity index (χ4v) is 2.17. The summed E-state index contributed by atoms with van der Waals surface area (Å²) >= 11 is 0. The van der Waals surface area contributed by atoms with Crippen molar-refractivity contribution >= 4 is 17.3 Å². The first-order chi connectivity index (χ1) is 9.49. The molecule has 2 rings (SSSR count). The lowest BCUT2D eigenvalue weighted by Crippen LogP contribution is -2.27. The van der Waals surface area contributed by atoms with Crippen molar-refractivity contribution in [3.05, 3.63) is 23.8 Å². The van der Waals surface area contributed by atoms with Gasteiger partial charge in [-0.1, -0.05) is 0 Å². The van der Waals surface area contributed by atoms with Gasteiger partial charge in [0.15, 0.2) is 0 Å². The summed E-state index contributed by atoms with van der Waals surface area (Å²) in [5, 5.41) is 3.32. The quantitative estimate of drug-likeness (QED) is 0.773. The molecule has 1 aromatic rings. The Balaban J connectivity index is 1.95. The van der Waals surface area contributed by atoms with E-state index in [0.29, 0.717) is 11.3 Å². The molecular weight excluding hydrogens is 252 g/mol. The van der Waals surface area contributed by atoms with Crippen LogP contribution in [-0.2, 0) is 0 Å². The van der Waals surface area contributed by atoms with E-state index < -0.39 is 0 Å². The molecule has 5 heteroatoms. The van der Waals surface area contributed by atoms with Crippen LogP contribution in [0.5, 0.6) is 0 Å². The molecule has 1 amide bonds. The van der Waals surface area contributed by atoms with Gasteiger partial charge in [0, 0.05) is 38.8 Å². The number of nitrogens with two attached hydrogens (primary N) is 1. The Morgan fingerprint density at radius 3 is 2.65 bits per heavy atom. The molecule has 0 saturated heterocycles. The monoisotopic (exact) mass is 276 g/mol. The number of hydrogen-bond acceptors (Lipinski definition) is 4. The average Bonchev–Trinajstić information content (AvgIpc) is 3.24. The van der Waals surface area contributed by atoms with E-state index in [4.69, 9.17) is 5.73 Å². The van der Waals surface area contributed by atoms with E-state index in [1.807, 2.05) is 6.07 Å². The molecule has 5 nitrogen and oxygen atoms in total. The number of hydrogen-bond donors (Lipinski definition) is 2. The Hall–Kier alpha value is -1.75. The molecule has 1 fully saturated rings. The topological polar surface area (TPSA) is 61.6 Å². The van der Waals surface area contributed by atoms with Crippen molar-refractivity contribution in [1.29, 1.82) is 0 Å². The Bertz CT molecular complexity index is 483. The second-order valence-corrected chi connectivity index (χ2v) is 5.64. The Kier molecular flexibility index (Phi) is 4.49. The molecule has 0 heterocycles. The first-order valence-electron chi connectivity index (χ1n) is 7.04. The van der Waals surface area contributed by atoms with Gasteiger partial charge in [-0.05, 0) is 38.1 Å². The van der Waals surface area contributed by atoms with Crippen LogP contribution in [0.25, 0.3) is 0 Å². The van der Waals surface area contributed by atoms with Crippen LogP contribution >= 0.6 is 0 Å². The standard InChI is InChI=1S/C15H24N4O/c1-18(2)15(20)11-4-7-13(16)14(10-11)17-8-9-19(3)12-5-6-12/h4,7,10,12,17H,5-6,8-9,16H2,1-3H3. The van der Waals surface area contributed by atoms with Crippen LogP contribution in [0.1, 0.15) is 23.2 Å². The summed E-state index contributed by atoms with van der Waals surface area (Å²) in [6, 6.07) is 6.13. The van der Waals surface area contributed by atoms with Crippen LogP contribution < -0.4 is 11.1 Å². The molecular formula is C15H24N4O. The highest BCUT2D eigenvalue weighted by Gasteiger charge is 2.25. The number of nitrogens with zero attached hydrogens (tertiary/aromatic N) is 2. The van der Waals surface area contributed by atoms with Crippen molar-refractivity contribution in [3.63, 3.8) is 0 Å². The highest BCUT2D eigenvalue weighted by atomic mass is 16.2. The first kappa shape index (κ1) is 14.7. The lowest BCUT2D eigenvalue weighted by molar-refractivity contribution is 0.0827. The lowest BCUT2D eigenvalue weighted by atomic mass is 10.1. The number of benzene rings is 1. The molecule has 20 heavy (non-hydrogen) atoms. The van der Waals surface area contributed by atoms with Gasteiger partial charge in [-0.3, -0.25) is 4.79 Å². The fourth-order valence-electron chi connectivity index (χ4n) is 2.17. The maximum absolute atomic E-state index is 11.9. The molecule has 0 aliphatic heterocycles. The van der Waals surface area contributed by atoms with Crippen molar-refractivity contribution in [2.45, 2.75) is 18.9 Å². The number of nitrogens with one attached hydrogen (secondary N) is 1. The summed E-state index contributed by atoms with van der Waals surface area (Å²) in [7, 11) is 5.64. The molecule has 0 unspecified atom stereocenters. The molecule has 0 radical (unpaired) electrons. The van der Waals surface area contributed by atoms with Crippen LogP contribution in [-0.4, -0.2) is 56.0 Å². The number of amides is 1. The van der Waals surface area contributed by atoms with Crippen molar-refractivity contribution in [2.24, 2.45) is 0 Å². The van der Waals surface area contributed by atoms with Gasteiger partial charge in [-0.15, -0.1) is 0 Å². The van der Waals surface area contributed by atoms with Gasteiger partial charge in [0.25, 0.3) is 5.91 Å². The summed E-state index contributed by atoms with van der Waals surface area (Å²) in [4.78, 5) is 15.9. The first-order valence-corrected chi connectivity index (χ1v) is 7.04. The Morgan fingerprint density at radius 2 is 2.05 bits per heavy atom. The van der Waals surface area contributed by atoms with Gasteiger partial charge >= 0.3 is 0 Å².